The maximum Gasteiger partial charge on any atom is 0.278 e. The minimum absolute atomic E-state index is 0.0237. The van der Waals surface area contributed by atoms with Crippen LogP contribution in [0.4, 0.5) is 17.1 Å². The Morgan fingerprint density at radius 1 is 1.40 bits per heavy atom. The molecule has 20 heavy (non-hydrogen) atoms. The highest BCUT2D eigenvalue weighted by molar-refractivity contribution is 5.77. The number of aliphatic hydroxyl groups excluding tert-OH is 3. The molecule has 0 aliphatic rings. The molecule has 1 unspecified atom stereocenters. The Balaban J connectivity index is 3.48. The maximum absolute atomic E-state index is 11.2. The van der Waals surface area contributed by atoms with E-state index >= 15 is 0 Å². The molecule has 0 radical (unpaired) electrons. The molecule has 0 fully saturated rings. The first-order valence-electron chi connectivity index (χ1n) is 6.17. The first-order chi connectivity index (χ1) is 9.42. The molecule has 112 valence electrons. The highest BCUT2D eigenvalue weighted by Gasteiger charge is 2.24. The third kappa shape index (κ3) is 3.56. The molecule has 0 aliphatic heterocycles. The lowest BCUT2D eigenvalue weighted by atomic mass is 9.99. The number of nitro benzene ring substituents is 1. The molecule has 0 heterocycles. The van der Waals surface area contributed by atoms with Crippen LogP contribution < -0.4 is 11.1 Å². The van der Waals surface area contributed by atoms with E-state index in [2.05, 4.69) is 5.32 Å². The van der Waals surface area contributed by atoms with Gasteiger partial charge in [0.15, 0.2) is 0 Å². The van der Waals surface area contributed by atoms with Gasteiger partial charge in [-0.2, -0.15) is 0 Å². The molecule has 1 atom stereocenters. The molecule has 8 nitrogen and oxygen atoms in total. The van der Waals surface area contributed by atoms with E-state index in [0.717, 1.165) is 0 Å². The van der Waals surface area contributed by atoms with E-state index in [1.165, 1.54) is 13.0 Å². The van der Waals surface area contributed by atoms with Crippen LogP contribution in [0.5, 0.6) is 0 Å². The Morgan fingerprint density at radius 2 is 2.00 bits per heavy atom. The third-order valence-electron chi connectivity index (χ3n) is 2.81. The second-order valence-electron chi connectivity index (χ2n) is 4.35. The Morgan fingerprint density at radius 3 is 2.45 bits per heavy atom. The van der Waals surface area contributed by atoms with E-state index < -0.39 is 11.2 Å². The van der Waals surface area contributed by atoms with Gasteiger partial charge in [0, 0.05) is 31.6 Å². The van der Waals surface area contributed by atoms with Gasteiger partial charge in [-0.1, -0.05) is 0 Å². The second kappa shape index (κ2) is 7.04. The Kier molecular flexibility index (Phi) is 5.68. The van der Waals surface area contributed by atoms with Crippen LogP contribution in [0.15, 0.2) is 6.07 Å². The van der Waals surface area contributed by atoms with Crippen LogP contribution in [-0.4, -0.2) is 39.7 Å². The standard InChI is InChI=1S/C12H19N3O5/c1-7(18)14-10-6-8(2-4-16)12(15(19)20)9(3-5-17)11(10)13/h6-7,14,16-18H,2-5,13H2,1H3. The van der Waals surface area contributed by atoms with Crippen LogP contribution >= 0.6 is 0 Å². The van der Waals surface area contributed by atoms with Gasteiger partial charge < -0.3 is 26.4 Å². The van der Waals surface area contributed by atoms with Crippen molar-refractivity contribution in [3.8, 4) is 0 Å². The van der Waals surface area contributed by atoms with Crippen LogP contribution in [0.25, 0.3) is 0 Å². The summed E-state index contributed by atoms with van der Waals surface area (Å²) < 4.78 is 0. The molecule has 6 N–H and O–H groups in total. The lowest BCUT2D eigenvalue weighted by molar-refractivity contribution is -0.386. The molecule has 0 spiro atoms. The van der Waals surface area contributed by atoms with Crippen LogP contribution in [0.3, 0.4) is 0 Å². The largest absolute Gasteiger partial charge is 0.397 e. The molecule has 8 heteroatoms. The quantitative estimate of drug-likeness (QED) is 0.205. The van der Waals surface area contributed by atoms with Crippen molar-refractivity contribution < 1.29 is 20.2 Å². The fourth-order valence-electron chi connectivity index (χ4n) is 2.05. The summed E-state index contributed by atoms with van der Waals surface area (Å²) in [5.74, 6) is 0. The van der Waals surface area contributed by atoms with Crippen LogP contribution in [0.1, 0.15) is 18.1 Å². The van der Waals surface area contributed by atoms with Crippen molar-refractivity contribution >= 4 is 17.1 Å². The minimum atomic E-state index is -0.886. The van der Waals surface area contributed by atoms with Gasteiger partial charge in [0.25, 0.3) is 5.69 Å². The molecule has 0 saturated heterocycles. The average Bonchev–Trinajstić information content (AvgIpc) is 2.34. The highest BCUT2D eigenvalue weighted by Crippen LogP contribution is 2.36. The minimum Gasteiger partial charge on any atom is -0.397 e. The fourth-order valence-corrected chi connectivity index (χ4v) is 2.05. The molecular formula is C12H19N3O5. The number of nitrogen functional groups attached to an aromatic ring is 1. The van der Waals surface area contributed by atoms with Gasteiger partial charge in [0.1, 0.15) is 6.23 Å². The molecule has 1 aromatic rings. The Bertz CT molecular complexity index is 490. The highest BCUT2D eigenvalue weighted by atomic mass is 16.6. The maximum atomic E-state index is 11.2. The Hall–Kier alpha value is -1.90. The predicted octanol–water partition coefficient (Wildman–Crippen LogP) is -0.00320. The summed E-state index contributed by atoms with van der Waals surface area (Å²) in [5.41, 5.74) is 6.65. The van der Waals surface area contributed by atoms with E-state index in [9.17, 15) is 15.2 Å². The number of rotatable bonds is 7. The SMILES string of the molecule is CC(O)Nc1cc(CCO)c([N+](=O)[O-])c(CCO)c1N. The number of anilines is 2. The lowest BCUT2D eigenvalue weighted by Gasteiger charge is -2.17. The van der Waals surface area contributed by atoms with E-state index in [-0.39, 0.29) is 43.0 Å². The van der Waals surface area contributed by atoms with Crippen molar-refractivity contribution in [1.82, 2.24) is 0 Å². The normalized spacial score (nSPS) is 12.2. The summed E-state index contributed by atoms with van der Waals surface area (Å²) in [4.78, 5) is 10.6. The molecule has 1 aromatic carbocycles. The zero-order valence-electron chi connectivity index (χ0n) is 11.2. The summed E-state index contributed by atoms with van der Waals surface area (Å²) in [6.07, 6.45) is -0.776. The number of benzene rings is 1. The monoisotopic (exact) mass is 285 g/mol. The van der Waals surface area contributed by atoms with E-state index in [1.54, 1.807) is 0 Å². The number of nitro groups is 1. The summed E-state index contributed by atoms with van der Waals surface area (Å²) in [6.45, 7) is 0.942. The Labute approximate surface area is 116 Å². The number of aliphatic hydroxyl groups is 3. The number of nitrogens with zero attached hydrogens (tertiary/aromatic N) is 1. The van der Waals surface area contributed by atoms with Gasteiger partial charge in [-0.25, -0.2) is 0 Å². The molecule has 0 aliphatic carbocycles. The molecule has 0 saturated carbocycles. The lowest BCUT2D eigenvalue weighted by Crippen LogP contribution is -2.17. The van der Waals surface area contributed by atoms with Crippen molar-refractivity contribution in [2.45, 2.75) is 26.0 Å². The van der Waals surface area contributed by atoms with Crippen LogP contribution in [0.2, 0.25) is 0 Å². The van der Waals surface area contributed by atoms with Gasteiger partial charge in [0.05, 0.1) is 21.9 Å². The van der Waals surface area contributed by atoms with Crippen molar-refractivity contribution in [2.75, 3.05) is 24.3 Å². The van der Waals surface area contributed by atoms with Gasteiger partial charge >= 0.3 is 0 Å². The van der Waals surface area contributed by atoms with E-state index in [0.29, 0.717) is 11.3 Å². The molecular weight excluding hydrogens is 266 g/mol. The molecule has 0 amide bonds. The molecule has 0 aromatic heterocycles. The van der Waals surface area contributed by atoms with Crippen molar-refractivity contribution in [3.05, 3.63) is 27.3 Å². The van der Waals surface area contributed by atoms with Gasteiger partial charge in [-0.3, -0.25) is 10.1 Å². The fraction of sp³-hybridized carbons (Fsp3) is 0.500. The summed E-state index contributed by atoms with van der Waals surface area (Å²) in [7, 11) is 0. The van der Waals surface area contributed by atoms with E-state index in [4.69, 9.17) is 15.9 Å². The topological polar surface area (TPSA) is 142 Å². The number of hydrogen-bond donors (Lipinski definition) is 5. The third-order valence-corrected chi connectivity index (χ3v) is 2.81. The summed E-state index contributed by atoms with van der Waals surface area (Å²) >= 11 is 0. The molecule has 1 rings (SSSR count). The summed E-state index contributed by atoms with van der Waals surface area (Å²) in [6, 6.07) is 1.44. The predicted molar refractivity (Wildman–Crippen MR) is 74.4 cm³/mol. The van der Waals surface area contributed by atoms with E-state index in [1.807, 2.05) is 0 Å². The first-order valence-corrected chi connectivity index (χ1v) is 6.17. The smallest absolute Gasteiger partial charge is 0.278 e. The zero-order chi connectivity index (χ0) is 15.3. The zero-order valence-corrected chi connectivity index (χ0v) is 11.2. The van der Waals surface area contributed by atoms with Crippen LogP contribution in [0, 0.1) is 10.1 Å². The van der Waals surface area contributed by atoms with Crippen molar-refractivity contribution in [3.63, 3.8) is 0 Å². The van der Waals surface area contributed by atoms with Gasteiger partial charge in [-0.05, 0) is 13.0 Å². The van der Waals surface area contributed by atoms with Gasteiger partial charge in [-0.15, -0.1) is 0 Å². The first kappa shape index (κ1) is 16.2. The van der Waals surface area contributed by atoms with Crippen molar-refractivity contribution in [2.24, 2.45) is 0 Å². The number of nitrogens with one attached hydrogen (secondary N) is 1. The van der Waals surface area contributed by atoms with Gasteiger partial charge in [0.2, 0.25) is 0 Å². The van der Waals surface area contributed by atoms with Crippen molar-refractivity contribution in [1.29, 1.82) is 0 Å². The average molecular weight is 285 g/mol. The van der Waals surface area contributed by atoms with Crippen LogP contribution in [-0.2, 0) is 12.8 Å². The summed E-state index contributed by atoms with van der Waals surface area (Å²) in [5, 5.41) is 41.3. The second-order valence-corrected chi connectivity index (χ2v) is 4.35. The molecule has 0 bridgehead atoms. The number of hydrogen-bond acceptors (Lipinski definition) is 7. The number of nitrogens with two attached hydrogens (primary N) is 1.